The fourth-order valence-electron chi connectivity index (χ4n) is 2.32. The third-order valence-electron chi connectivity index (χ3n) is 3.09. The average Bonchev–Trinajstić information content (AvgIpc) is 2.53. The van der Waals surface area contributed by atoms with Gasteiger partial charge in [0, 0.05) is 0 Å². The van der Waals surface area contributed by atoms with Crippen LogP contribution in [0, 0.1) is 6.92 Å². The number of benzene rings is 2. The summed E-state index contributed by atoms with van der Waals surface area (Å²) in [7, 11) is 0. The van der Waals surface area contributed by atoms with E-state index in [-0.39, 0.29) is 0 Å². The summed E-state index contributed by atoms with van der Waals surface area (Å²) in [5.41, 5.74) is 5.58. The zero-order valence-electron chi connectivity index (χ0n) is 8.46. The van der Waals surface area contributed by atoms with E-state index in [0.717, 1.165) is 0 Å². The highest BCUT2D eigenvalue weighted by Gasteiger charge is 2.14. The van der Waals surface area contributed by atoms with Gasteiger partial charge in [-0.15, -0.1) is 0 Å². The number of hydrogen-bond donors (Lipinski definition) is 0. The maximum absolute atomic E-state index is 2.30. The minimum absolute atomic E-state index is 1.36. The molecule has 2 aromatic rings. The predicted molar refractivity (Wildman–Crippen MR) is 62.2 cm³/mol. The molecular formula is C14H12. The lowest BCUT2D eigenvalue weighted by Crippen LogP contribution is -1.82. The van der Waals surface area contributed by atoms with Crippen molar-refractivity contribution in [3.8, 4) is 0 Å². The Bertz CT molecular complexity index is 560. The molecule has 0 heteroatoms. The first kappa shape index (κ1) is 7.81. The van der Waals surface area contributed by atoms with E-state index in [0.29, 0.717) is 0 Å². The van der Waals surface area contributed by atoms with Crippen LogP contribution in [0.25, 0.3) is 22.4 Å². The van der Waals surface area contributed by atoms with Crippen LogP contribution in [-0.4, -0.2) is 0 Å². The van der Waals surface area contributed by atoms with E-state index in [4.69, 9.17) is 0 Å². The molecule has 2 aromatic carbocycles. The van der Waals surface area contributed by atoms with E-state index in [1.807, 2.05) is 0 Å². The zero-order valence-corrected chi connectivity index (χ0v) is 8.46. The molecule has 68 valence electrons. The van der Waals surface area contributed by atoms with Crippen LogP contribution in [0.4, 0.5) is 0 Å². The van der Waals surface area contributed by atoms with Gasteiger partial charge >= 0.3 is 0 Å². The Hall–Kier alpha value is -1.56. The molecule has 0 fully saturated rings. The van der Waals surface area contributed by atoms with Crippen LogP contribution >= 0.6 is 0 Å². The van der Waals surface area contributed by atoms with Crippen LogP contribution < -0.4 is 0 Å². The number of rotatable bonds is 0. The second-order valence-corrected chi connectivity index (χ2v) is 4.03. The summed E-state index contributed by atoms with van der Waals surface area (Å²) in [4.78, 5) is 0. The van der Waals surface area contributed by atoms with E-state index in [9.17, 15) is 0 Å². The molecule has 1 aliphatic carbocycles. The van der Waals surface area contributed by atoms with Crippen LogP contribution in [0.2, 0.25) is 0 Å². The van der Waals surface area contributed by atoms with Gasteiger partial charge in [-0.25, -0.2) is 0 Å². The van der Waals surface area contributed by atoms with E-state index in [2.05, 4.69) is 50.3 Å². The number of aryl methyl sites for hydroxylation is 1. The summed E-state index contributed by atoms with van der Waals surface area (Å²) in [5, 5.41) is 2.79. The zero-order chi connectivity index (χ0) is 9.71. The van der Waals surface area contributed by atoms with Crippen molar-refractivity contribution in [2.75, 3.05) is 0 Å². The number of hydrogen-bond acceptors (Lipinski definition) is 0. The highest BCUT2D eigenvalue weighted by molar-refractivity contribution is 6.09. The highest BCUT2D eigenvalue weighted by atomic mass is 14.2. The molecule has 0 heterocycles. The largest absolute Gasteiger partial charge is 0.0610 e. The minimum Gasteiger partial charge on any atom is -0.0610 e. The van der Waals surface area contributed by atoms with Gasteiger partial charge in [-0.05, 0) is 46.9 Å². The summed E-state index contributed by atoms with van der Waals surface area (Å²) >= 11 is 0. The molecular weight excluding hydrogens is 168 g/mol. The first-order valence-electron chi connectivity index (χ1n) is 4.98. The van der Waals surface area contributed by atoms with Crippen LogP contribution in [0.3, 0.4) is 0 Å². The molecule has 0 nitrogen and oxygen atoms in total. The van der Waals surface area contributed by atoms with Crippen molar-refractivity contribution >= 4 is 22.4 Å². The molecule has 0 aromatic heterocycles. The van der Waals surface area contributed by atoms with E-state index >= 15 is 0 Å². The molecule has 0 atom stereocenters. The molecule has 14 heavy (non-hydrogen) atoms. The standard InChI is InChI=1S/C14H12/c1-9-6-7-11-4-3-5-12-10(2)8-13(9)14(11)12/h3-8H,1-2H3. The SMILES string of the molecule is CC1=Cc2c(C)ccc3cccc1c23. The minimum atomic E-state index is 1.36. The van der Waals surface area contributed by atoms with Crippen molar-refractivity contribution < 1.29 is 0 Å². The summed E-state index contributed by atoms with van der Waals surface area (Å²) in [6.45, 7) is 4.37. The van der Waals surface area contributed by atoms with Gasteiger partial charge in [-0.1, -0.05) is 36.4 Å². The Morgan fingerprint density at radius 2 is 1.79 bits per heavy atom. The predicted octanol–water partition coefficient (Wildman–Crippen LogP) is 4.02. The maximum atomic E-state index is 2.30. The van der Waals surface area contributed by atoms with Crippen molar-refractivity contribution in [2.45, 2.75) is 13.8 Å². The lowest BCUT2D eigenvalue weighted by atomic mass is 10.00. The molecule has 0 radical (unpaired) electrons. The van der Waals surface area contributed by atoms with Gasteiger partial charge in [-0.3, -0.25) is 0 Å². The van der Waals surface area contributed by atoms with Gasteiger partial charge in [0.05, 0.1) is 0 Å². The van der Waals surface area contributed by atoms with Crippen LogP contribution in [-0.2, 0) is 0 Å². The molecule has 0 spiro atoms. The summed E-state index contributed by atoms with van der Waals surface area (Å²) < 4.78 is 0. The molecule has 0 saturated heterocycles. The van der Waals surface area contributed by atoms with Crippen LogP contribution in [0.15, 0.2) is 30.3 Å². The van der Waals surface area contributed by atoms with Crippen molar-refractivity contribution in [1.29, 1.82) is 0 Å². The molecule has 0 aliphatic heterocycles. The van der Waals surface area contributed by atoms with E-state index in [1.165, 1.54) is 33.0 Å². The first-order valence-corrected chi connectivity index (χ1v) is 4.98. The molecule has 3 rings (SSSR count). The Kier molecular flexibility index (Phi) is 1.38. The van der Waals surface area contributed by atoms with Gasteiger partial charge in [0.1, 0.15) is 0 Å². The Morgan fingerprint density at radius 1 is 0.929 bits per heavy atom. The van der Waals surface area contributed by atoms with Crippen molar-refractivity contribution in [2.24, 2.45) is 0 Å². The summed E-state index contributed by atoms with van der Waals surface area (Å²) in [6.07, 6.45) is 2.30. The topological polar surface area (TPSA) is 0 Å². The quantitative estimate of drug-likeness (QED) is 0.574. The second-order valence-electron chi connectivity index (χ2n) is 4.03. The first-order chi connectivity index (χ1) is 6.77. The fourth-order valence-corrected chi connectivity index (χ4v) is 2.32. The van der Waals surface area contributed by atoms with Gasteiger partial charge in [-0.2, -0.15) is 0 Å². The van der Waals surface area contributed by atoms with Gasteiger partial charge in [0.15, 0.2) is 0 Å². The number of allylic oxidation sites excluding steroid dienone is 1. The summed E-state index contributed by atoms with van der Waals surface area (Å²) in [6, 6.07) is 11.0. The van der Waals surface area contributed by atoms with Gasteiger partial charge < -0.3 is 0 Å². The fraction of sp³-hybridized carbons (Fsp3) is 0.143. The molecule has 0 unspecified atom stereocenters. The molecule has 1 aliphatic rings. The lowest BCUT2D eigenvalue weighted by molar-refractivity contribution is 1.49. The Morgan fingerprint density at radius 3 is 2.64 bits per heavy atom. The second kappa shape index (κ2) is 2.48. The normalized spacial score (nSPS) is 13.4. The molecule has 0 saturated carbocycles. The van der Waals surface area contributed by atoms with Crippen molar-refractivity contribution in [3.05, 3.63) is 47.0 Å². The third-order valence-corrected chi connectivity index (χ3v) is 3.09. The van der Waals surface area contributed by atoms with E-state index in [1.54, 1.807) is 0 Å². The van der Waals surface area contributed by atoms with Crippen LogP contribution in [0.1, 0.15) is 23.6 Å². The van der Waals surface area contributed by atoms with Crippen LogP contribution in [0.5, 0.6) is 0 Å². The Balaban J connectivity index is 2.59. The monoisotopic (exact) mass is 180 g/mol. The van der Waals surface area contributed by atoms with Crippen molar-refractivity contribution in [1.82, 2.24) is 0 Å². The van der Waals surface area contributed by atoms with Crippen molar-refractivity contribution in [3.63, 3.8) is 0 Å². The highest BCUT2D eigenvalue weighted by Crippen LogP contribution is 2.37. The average molecular weight is 180 g/mol. The third kappa shape index (κ3) is 0.832. The van der Waals surface area contributed by atoms with E-state index < -0.39 is 0 Å². The molecule has 0 N–H and O–H groups in total. The van der Waals surface area contributed by atoms with Gasteiger partial charge in [0.25, 0.3) is 0 Å². The van der Waals surface area contributed by atoms with Gasteiger partial charge in [0.2, 0.25) is 0 Å². The molecule has 0 bridgehead atoms. The smallest absolute Gasteiger partial charge is 0.00334 e. The Labute approximate surface area is 83.9 Å². The lowest BCUT2D eigenvalue weighted by Gasteiger charge is -2.04. The molecule has 0 amide bonds. The summed E-state index contributed by atoms with van der Waals surface area (Å²) in [5.74, 6) is 0. The maximum Gasteiger partial charge on any atom is -0.00334 e.